The zero-order valence-corrected chi connectivity index (χ0v) is 3.81. The highest BCUT2D eigenvalue weighted by Crippen LogP contribution is 1.90. The molecule has 0 unspecified atom stereocenters. The van der Waals surface area contributed by atoms with Crippen LogP contribution in [0.15, 0.2) is 18.3 Å². The molecule has 0 aromatic carbocycles. The molecule has 3 heteroatoms. The van der Waals surface area contributed by atoms with Crippen molar-refractivity contribution in [2.75, 3.05) is 5.73 Å². The van der Waals surface area contributed by atoms with Gasteiger partial charge in [-0.1, -0.05) is 0 Å². The zero-order valence-electron chi connectivity index (χ0n) is 3.81. The van der Waals surface area contributed by atoms with Crippen molar-refractivity contribution in [2.45, 2.75) is 0 Å². The predicted molar refractivity (Wildman–Crippen MR) is 28.8 cm³/mol. The van der Waals surface area contributed by atoms with Crippen molar-refractivity contribution in [3.8, 4) is 0 Å². The average Bonchev–Trinajstić information content (AvgIpc) is 1.86. The van der Waals surface area contributed by atoms with Gasteiger partial charge >= 0.3 is 0 Å². The van der Waals surface area contributed by atoms with E-state index >= 15 is 0 Å². The van der Waals surface area contributed by atoms with E-state index in [1.807, 2.05) is 6.07 Å². The minimum Gasteiger partial charge on any atom is -0.412 e. The van der Waals surface area contributed by atoms with Crippen LogP contribution in [0.4, 0.5) is 5.82 Å². The summed E-state index contributed by atoms with van der Waals surface area (Å²) < 4.78 is 0. The number of H-pyrrole nitrogens is 1. The first kappa shape index (κ1) is 6.04. The smallest absolute Gasteiger partial charge is 0.100 e. The van der Waals surface area contributed by atoms with Crippen LogP contribution in [0.5, 0.6) is 0 Å². The minimum atomic E-state index is 0. The van der Waals surface area contributed by atoms with Crippen LogP contribution >= 0.6 is 0 Å². The first-order valence-corrected chi connectivity index (χ1v) is 1.78. The molecule has 0 spiro atoms. The fourth-order valence-electron chi connectivity index (χ4n) is 0.344. The normalized spacial score (nSPS) is 7.43. The molecule has 7 heavy (non-hydrogen) atoms. The van der Waals surface area contributed by atoms with Gasteiger partial charge in [0.15, 0.2) is 0 Å². The second kappa shape index (κ2) is 2.25. The summed E-state index contributed by atoms with van der Waals surface area (Å²) >= 11 is 0. The number of rotatable bonds is 0. The molecular weight excluding hydrogens is 92.1 g/mol. The summed E-state index contributed by atoms with van der Waals surface area (Å²) in [4.78, 5) is 2.78. The van der Waals surface area contributed by atoms with Crippen LogP contribution in [0.25, 0.3) is 0 Å². The lowest BCUT2D eigenvalue weighted by Crippen LogP contribution is -1.79. The molecule has 0 aliphatic carbocycles. The van der Waals surface area contributed by atoms with E-state index in [0.29, 0.717) is 0 Å². The number of nitrogens with one attached hydrogen (secondary N) is 1. The van der Waals surface area contributed by atoms with Crippen molar-refractivity contribution in [1.29, 1.82) is 0 Å². The number of nitrogen functional groups attached to an aromatic ring is 1. The van der Waals surface area contributed by atoms with E-state index in [-0.39, 0.29) is 5.48 Å². The van der Waals surface area contributed by atoms with Crippen LogP contribution in [0.2, 0.25) is 0 Å². The van der Waals surface area contributed by atoms with E-state index in [1.165, 1.54) is 0 Å². The summed E-state index contributed by atoms with van der Waals surface area (Å²) in [6.45, 7) is 0. The van der Waals surface area contributed by atoms with E-state index in [0.717, 1.165) is 5.82 Å². The average molecular weight is 100 g/mol. The molecule has 1 aromatic heterocycles. The van der Waals surface area contributed by atoms with Crippen molar-refractivity contribution < 1.29 is 5.48 Å². The number of anilines is 1. The van der Waals surface area contributed by atoms with E-state index in [2.05, 4.69) is 4.98 Å². The molecule has 0 aliphatic rings. The molecule has 0 bridgehead atoms. The van der Waals surface area contributed by atoms with Gasteiger partial charge < -0.3 is 16.2 Å². The molecule has 40 valence electrons. The number of hydrogen-bond acceptors (Lipinski definition) is 1. The van der Waals surface area contributed by atoms with Gasteiger partial charge in [-0.15, -0.1) is 0 Å². The molecule has 0 atom stereocenters. The molecule has 0 aliphatic heterocycles. The summed E-state index contributed by atoms with van der Waals surface area (Å²) in [7, 11) is 0. The van der Waals surface area contributed by atoms with Gasteiger partial charge in [0.05, 0.1) is 0 Å². The Kier molecular flexibility index (Phi) is 1.95. The van der Waals surface area contributed by atoms with Gasteiger partial charge in [-0.2, -0.15) is 0 Å². The molecule has 0 amide bonds. The van der Waals surface area contributed by atoms with Crippen LogP contribution in [0, 0.1) is 0 Å². The monoisotopic (exact) mass is 100 g/mol. The fourth-order valence-corrected chi connectivity index (χ4v) is 0.344. The second-order valence-corrected chi connectivity index (χ2v) is 1.13. The highest BCUT2D eigenvalue weighted by molar-refractivity contribution is 5.26. The van der Waals surface area contributed by atoms with Gasteiger partial charge in [-0.3, -0.25) is 0 Å². The molecule has 0 fully saturated rings. The Bertz CT molecular complexity index is 113. The topological polar surface area (TPSA) is 73.3 Å². The number of aromatic nitrogens is 1. The Hall–Kier alpha value is -0.960. The largest absolute Gasteiger partial charge is 0.412 e. The lowest BCUT2D eigenvalue weighted by atomic mass is 10.6. The maximum Gasteiger partial charge on any atom is 0.100 e. The molecule has 0 radical (unpaired) electrons. The first-order valence-electron chi connectivity index (χ1n) is 1.78. The maximum absolute atomic E-state index is 5.22. The third-order valence-electron chi connectivity index (χ3n) is 0.622. The zero-order chi connectivity index (χ0) is 4.41. The van der Waals surface area contributed by atoms with Crippen LogP contribution < -0.4 is 5.73 Å². The molecule has 5 N–H and O–H groups in total. The third-order valence-corrected chi connectivity index (χ3v) is 0.622. The van der Waals surface area contributed by atoms with E-state index in [1.54, 1.807) is 12.3 Å². The summed E-state index contributed by atoms with van der Waals surface area (Å²) in [5, 5.41) is 0. The second-order valence-electron chi connectivity index (χ2n) is 1.13. The van der Waals surface area contributed by atoms with Crippen molar-refractivity contribution in [1.82, 2.24) is 4.98 Å². The third kappa shape index (κ3) is 1.28. The Morgan fingerprint density at radius 2 is 2.29 bits per heavy atom. The SMILES string of the molecule is Nc1ccc[nH]1.O. The van der Waals surface area contributed by atoms with Gasteiger partial charge in [0.1, 0.15) is 5.82 Å². The summed E-state index contributed by atoms with van der Waals surface area (Å²) in [6, 6.07) is 3.66. The van der Waals surface area contributed by atoms with Crippen molar-refractivity contribution in [3.63, 3.8) is 0 Å². The lowest BCUT2D eigenvalue weighted by Gasteiger charge is -1.72. The standard InChI is InChI=1S/C4H6N2.H2O/c5-4-2-1-3-6-4;/h1-3,6H,5H2;1H2. The highest BCUT2D eigenvalue weighted by Gasteiger charge is 1.72. The predicted octanol–water partition coefficient (Wildman–Crippen LogP) is -0.228. The molecular formula is C4H8N2O. The minimum absolute atomic E-state index is 0. The van der Waals surface area contributed by atoms with Gasteiger partial charge in [0.25, 0.3) is 0 Å². The van der Waals surface area contributed by atoms with E-state index in [9.17, 15) is 0 Å². The summed E-state index contributed by atoms with van der Waals surface area (Å²) in [5.74, 6) is 0.718. The molecule has 1 heterocycles. The Morgan fingerprint density at radius 1 is 1.57 bits per heavy atom. The molecule has 0 saturated heterocycles. The summed E-state index contributed by atoms with van der Waals surface area (Å²) in [6.07, 6.45) is 1.79. The fraction of sp³-hybridized carbons (Fsp3) is 0. The first-order chi connectivity index (χ1) is 2.89. The van der Waals surface area contributed by atoms with Crippen LogP contribution in [0.3, 0.4) is 0 Å². The van der Waals surface area contributed by atoms with Gasteiger partial charge in [0, 0.05) is 6.20 Å². The van der Waals surface area contributed by atoms with Gasteiger partial charge in [0.2, 0.25) is 0 Å². The van der Waals surface area contributed by atoms with Crippen LogP contribution in [-0.4, -0.2) is 10.5 Å². The van der Waals surface area contributed by atoms with Crippen molar-refractivity contribution in [3.05, 3.63) is 18.3 Å². The van der Waals surface area contributed by atoms with E-state index < -0.39 is 0 Å². The van der Waals surface area contributed by atoms with Crippen molar-refractivity contribution in [2.24, 2.45) is 0 Å². The molecule has 3 nitrogen and oxygen atoms in total. The molecule has 1 rings (SSSR count). The Labute approximate surface area is 41.5 Å². The molecule has 0 saturated carbocycles. The Balaban J connectivity index is 0.000000360. The number of nitrogens with two attached hydrogens (primary N) is 1. The number of aromatic amines is 1. The quantitative estimate of drug-likeness (QED) is 0.464. The number of hydrogen-bond donors (Lipinski definition) is 2. The van der Waals surface area contributed by atoms with Gasteiger partial charge in [-0.25, -0.2) is 0 Å². The van der Waals surface area contributed by atoms with Crippen LogP contribution in [-0.2, 0) is 0 Å². The lowest BCUT2D eigenvalue weighted by molar-refractivity contribution is 0.824. The Morgan fingerprint density at radius 3 is 2.43 bits per heavy atom. The van der Waals surface area contributed by atoms with Gasteiger partial charge in [-0.05, 0) is 12.1 Å². The van der Waals surface area contributed by atoms with Crippen LogP contribution in [0.1, 0.15) is 0 Å². The highest BCUT2D eigenvalue weighted by atomic mass is 16.0. The molecule has 1 aromatic rings. The summed E-state index contributed by atoms with van der Waals surface area (Å²) in [5.41, 5.74) is 5.22. The van der Waals surface area contributed by atoms with E-state index in [4.69, 9.17) is 5.73 Å². The van der Waals surface area contributed by atoms with Crippen molar-refractivity contribution >= 4 is 5.82 Å². The maximum atomic E-state index is 5.22.